The molecule has 2 aliphatic carbocycles. The maximum atomic E-state index is 12.8. The zero-order valence-corrected chi connectivity index (χ0v) is 16.3. The molecule has 0 radical (unpaired) electrons. The van der Waals surface area contributed by atoms with Crippen LogP contribution < -0.4 is 15.0 Å². The lowest BCUT2D eigenvalue weighted by Gasteiger charge is -2.29. The summed E-state index contributed by atoms with van der Waals surface area (Å²) in [4.78, 5) is 27.1. The number of carbonyl (C=O) groups is 2. The smallest absolute Gasteiger partial charge is 0.227 e. The largest absolute Gasteiger partial charge is 0.492 e. The molecule has 0 aromatic heterocycles. The molecule has 146 valence electrons. The van der Waals surface area contributed by atoms with E-state index in [1.54, 1.807) is 4.90 Å². The van der Waals surface area contributed by atoms with E-state index in [9.17, 15) is 9.59 Å². The lowest BCUT2D eigenvalue weighted by Crippen LogP contribution is -2.43. The highest BCUT2D eigenvalue weighted by atomic mass is 16.5. The minimum atomic E-state index is -0.284. The van der Waals surface area contributed by atoms with Gasteiger partial charge in [0.25, 0.3) is 0 Å². The SMILES string of the molecule is CCOc1ccccc1N1CC(C(=O)NC(C)C2CC3CCC2C3)CC1=O. The van der Waals surface area contributed by atoms with E-state index in [-0.39, 0.29) is 30.2 Å². The first-order valence-electron chi connectivity index (χ1n) is 10.4. The predicted molar refractivity (Wildman–Crippen MR) is 105 cm³/mol. The van der Waals surface area contributed by atoms with Gasteiger partial charge in [-0.05, 0) is 63.0 Å². The highest BCUT2D eigenvalue weighted by molar-refractivity contribution is 6.01. The number of fused-ring (bicyclic) bond motifs is 2. The number of rotatable bonds is 6. The van der Waals surface area contributed by atoms with Gasteiger partial charge in [0, 0.05) is 19.0 Å². The lowest BCUT2D eigenvalue weighted by atomic mass is 9.84. The fraction of sp³-hybridized carbons (Fsp3) is 0.636. The number of nitrogens with one attached hydrogen (secondary N) is 1. The van der Waals surface area contributed by atoms with Crippen molar-refractivity contribution in [2.24, 2.45) is 23.7 Å². The van der Waals surface area contributed by atoms with Crippen molar-refractivity contribution in [2.45, 2.75) is 52.0 Å². The summed E-state index contributed by atoms with van der Waals surface area (Å²) < 4.78 is 5.66. The van der Waals surface area contributed by atoms with Gasteiger partial charge < -0.3 is 15.0 Å². The summed E-state index contributed by atoms with van der Waals surface area (Å²) in [6.07, 6.45) is 5.56. The molecule has 1 N–H and O–H groups in total. The van der Waals surface area contributed by atoms with Gasteiger partial charge in [-0.1, -0.05) is 18.6 Å². The van der Waals surface area contributed by atoms with E-state index in [0.29, 0.717) is 24.8 Å². The van der Waals surface area contributed by atoms with Gasteiger partial charge in [0.2, 0.25) is 11.8 Å². The summed E-state index contributed by atoms with van der Waals surface area (Å²) in [7, 11) is 0. The van der Waals surface area contributed by atoms with Crippen LogP contribution in [0.5, 0.6) is 5.75 Å². The van der Waals surface area contributed by atoms with E-state index in [1.807, 2.05) is 31.2 Å². The van der Waals surface area contributed by atoms with Gasteiger partial charge in [-0.25, -0.2) is 0 Å². The molecule has 3 fully saturated rings. The number of benzene rings is 1. The van der Waals surface area contributed by atoms with Crippen LogP contribution in [-0.4, -0.2) is 31.0 Å². The Morgan fingerprint density at radius 1 is 1.30 bits per heavy atom. The molecular formula is C22H30N2O3. The Balaban J connectivity index is 1.39. The number of ether oxygens (including phenoxy) is 1. The molecule has 2 saturated carbocycles. The molecule has 5 heteroatoms. The molecule has 1 aromatic rings. The third-order valence-corrected chi connectivity index (χ3v) is 6.76. The average molecular weight is 370 g/mol. The molecular weight excluding hydrogens is 340 g/mol. The van der Waals surface area contributed by atoms with Crippen LogP contribution in [0.25, 0.3) is 0 Å². The molecule has 1 heterocycles. The molecule has 3 aliphatic rings. The average Bonchev–Trinajstić information content (AvgIpc) is 3.38. The number of carbonyl (C=O) groups excluding carboxylic acids is 2. The maximum absolute atomic E-state index is 12.8. The van der Waals surface area contributed by atoms with E-state index >= 15 is 0 Å². The topological polar surface area (TPSA) is 58.6 Å². The molecule has 1 aromatic carbocycles. The summed E-state index contributed by atoms with van der Waals surface area (Å²) in [6, 6.07) is 7.76. The number of anilines is 1. The molecule has 5 atom stereocenters. The van der Waals surface area contributed by atoms with Crippen LogP contribution in [-0.2, 0) is 9.59 Å². The third-order valence-electron chi connectivity index (χ3n) is 6.76. The lowest BCUT2D eigenvalue weighted by molar-refractivity contribution is -0.127. The third kappa shape index (κ3) is 3.56. The van der Waals surface area contributed by atoms with Gasteiger partial charge in [-0.15, -0.1) is 0 Å². The molecule has 1 aliphatic heterocycles. The van der Waals surface area contributed by atoms with Crippen molar-refractivity contribution < 1.29 is 14.3 Å². The monoisotopic (exact) mass is 370 g/mol. The molecule has 5 unspecified atom stereocenters. The minimum Gasteiger partial charge on any atom is -0.492 e. The fourth-order valence-electron chi connectivity index (χ4n) is 5.43. The van der Waals surface area contributed by atoms with Crippen LogP contribution in [0.2, 0.25) is 0 Å². The van der Waals surface area contributed by atoms with Gasteiger partial charge in [-0.2, -0.15) is 0 Å². The van der Waals surface area contributed by atoms with E-state index in [2.05, 4.69) is 12.2 Å². The molecule has 5 nitrogen and oxygen atoms in total. The summed E-state index contributed by atoms with van der Waals surface area (Å²) in [5.74, 6) is 2.70. The van der Waals surface area contributed by atoms with Gasteiger partial charge in [0.15, 0.2) is 0 Å². The zero-order chi connectivity index (χ0) is 19.0. The zero-order valence-electron chi connectivity index (χ0n) is 16.3. The van der Waals surface area contributed by atoms with Crippen molar-refractivity contribution >= 4 is 17.5 Å². The Morgan fingerprint density at radius 3 is 2.81 bits per heavy atom. The van der Waals surface area contributed by atoms with Crippen molar-refractivity contribution in [3.05, 3.63) is 24.3 Å². The summed E-state index contributed by atoms with van der Waals surface area (Å²) in [6.45, 7) is 5.04. The van der Waals surface area contributed by atoms with Crippen LogP contribution in [0, 0.1) is 23.7 Å². The maximum Gasteiger partial charge on any atom is 0.227 e. The van der Waals surface area contributed by atoms with Gasteiger partial charge >= 0.3 is 0 Å². The number of hydrogen-bond donors (Lipinski definition) is 1. The van der Waals surface area contributed by atoms with E-state index in [1.165, 1.54) is 25.7 Å². The summed E-state index contributed by atoms with van der Waals surface area (Å²) in [5.41, 5.74) is 0.765. The first-order chi connectivity index (χ1) is 13.1. The molecule has 1 saturated heterocycles. The first kappa shape index (κ1) is 18.3. The molecule has 4 rings (SSSR count). The van der Waals surface area contributed by atoms with Crippen molar-refractivity contribution in [2.75, 3.05) is 18.1 Å². The Hall–Kier alpha value is -2.04. The minimum absolute atomic E-state index is 0.00474. The Kier molecular flexibility index (Phi) is 5.11. The van der Waals surface area contributed by atoms with Crippen LogP contribution in [0.1, 0.15) is 46.0 Å². The van der Waals surface area contributed by atoms with Gasteiger partial charge in [0.05, 0.1) is 18.2 Å². The Labute approximate surface area is 161 Å². The highest BCUT2D eigenvalue weighted by Gasteiger charge is 2.43. The second-order valence-electron chi connectivity index (χ2n) is 8.44. The predicted octanol–water partition coefficient (Wildman–Crippen LogP) is 3.38. The van der Waals surface area contributed by atoms with Gasteiger partial charge in [0.1, 0.15) is 5.75 Å². The quantitative estimate of drug-likeness (QED) is 0.835. The first-order valence-corrected chi connectivity index (χ1v) is 10.4. The summed E-state index contributed by atoms with van der Waals surface area (Å²) in [5, 5.41) is 3.23. The number of para-hydroxylation sites is 2. The van der Waals surface area contributed by atoms with Gasteiger partial charge in [-0.3, -0.25) is 9.59 Å². The van der Waals surface area contributed by atoms with Crippen LogP contribution in [0.15, 0.2) is 24.3 Å². The Morgan fingerprint density at radius 2 is 2.11 bits per heavy atom. The van der Waals surface area contributed by atoms with Crippen molar-refractivity contribution in [1.82, 2.24) is 5.32 Å². The molecule has 2 bridgehead atoms. The number of hydrogen-bond acceptors (Lipinski definition) is 3. The van der Waals surface area contributed by atoms with Crippen molar-refractivity contribution in [3.8, 4) is 5.75 Å². The number of amides is 2. The Bertz CT molecular complexity index is 719. The summed E-state index contributed by atoms with van der Waals surface area (Å²) >= 11 is 0. The molecule has 2 amide bonds. The highest BCUT2D eigenvalue weighted by Crippen LogP contribution is 2.49. The van der Waals surface area contributed by atoms with Crippen LogP contribution in [0.4, 0.5) is 5.69 Å². The second-order valence-corrected chi connectivity index (χ2v) is 8.44. The van der Waals surface area contributed by atoms with E-state index < -0.39 is 0 Å². The molecule has 0 spiro atoms. The van der Waals surface area contributed by atoms with E-state index in [4.69, 9.17) is 4.74 Å². The van der Waals surface area contributed by atoms with E-state index in [0.717, 1.165) is 17.5 Å². The van der Waals surface area contributed by atoms with Crippen molar-refractivity contribution in [3.63, 3.8) is 0 Å². The van der Waals surface area contributed by atoms with Crippen LogP contribution in [0.3, 0.4) is 0 Å². The normalized spacial score (nSPS) is 30.6. The molecule has 27 heavy (non-hydrogen) atoms. The fourth-order valence-corrected chi connectivity index (χ4v) is 5.43. The standard InChI is InChI=1S/C22H30N2O3/c1-3-27-20-7-5-4-6-19(20)24-13-17(12-21(24)25)22(26)23-14(2)18-11-15-8-9-16(18)10-15/h4-7,14-18H,3,8-13H2,1-2H3,(H,23,26). The number of nitrogens with zero attached hydrogens (tertiary/aromatic N) is 1. The second kappa shape index (κ2) is 7.53. The van der Waals surface area contributed by atoms with Crippen LogP contribution >= 0.6 is 0 Å². The van der Waals surface area contributed by atoms with Crippen molar-refractivity contribution in [1.29, 1.82) is 0 Å².